The Kier molecular flexibility index (Phi) is 3.79. The van der Waals surface area contributed by atoms with Crippen LogP contribution in [0.1, 0.15) is 29.8 Å². The molecule has 0 bridgehead atoms. The summed E-state index contributed by atoms with van der Waals surface area (Å²) in [6.07, 6.45) is 2.03. The number of esters is 2. The molecule has 0 aliphatic carbocycles. The van der Waals surface area contributed by atoms with Crippen molar-refractivity contribution in [2.75, 3.05) is 18.9 Å². The van der Waals surface area contributed by atoms with Crippen molar-refractivity contribution >= 4 is 23.5 Å². The maximum absolute atomic E-state index is 12.2. The van der Waals surface area contributed by atoms with E-state index in [0.29, 0.717) is 17.8 Å². The summed E-state index contributed by atoms with van der Waals surface area (Å²) in [5.41, 5.74) is 1.96. The monoisotopic (exact) mass is 330 g/mol. The fraction of sp³-hybridized carbons (Fsp3) is 0.353. The minimum atomic E-state index is -1.27. The van der Waals surface area contributed by atoms with Crippen LogP contribution in [0.25, 0.3) is 0 Å². The normalized spacial score (nSPS) is 19.4. The number of hydrogen-bond acceptors (Lipinski definition) is 6. The lowest BCUT2D eigenvalue weighted by molar-refractivity contribution is -0.222. The number of nitrogens with one attached hydrogen (secondary N) is 1. The molecule has 2 aliphatic heterocycles. The minimum Gasteiger partial charge on any atom is -0.419 e. The first-order valence-electron chi connectivity index (χ1n) is 7.58. The maximum Gasteiger partial charge on any atom is 0.350 e. The van der Waals surface area contributed by atoms with Crippen LogP contribution in [0.3, 0.4) is 0 Å². The molecule has 1 amide bonds. The second kappa shape index (κ2) is 5.67. The van der Waals surface area contributed by atoms with Gasteiger partial charge in [0, 0.05) is 44.9 Å². The first kappa shape index (κ1) is 16.0. The van der Waals surface area contributed by atoms with Crippen molar-refractivity contribution in [2.24, 2.45) is 0 Å². The van der Waals surface area contributed by atoms with Gasteiger partial charge in [-0.2, -0.15) is 0 Å². The molecule has 1 N–H and O–H groups in total. The number of fused-ring (bicyclic) bond motifs is 1. The molecule has 0 aromatic heterocycles. The number of benzene rings is 1. The number of carbonyl (C=O) groups excluding carboxylic acids is 3. The standard InChI is InChI=1S/C17H18N2O5/c1-17(2)23-15(21)13(16(22)24-17)9-18-11-5-4-10-6-7-19(3)14(20)12(10)8-11/h4-5,8-9,18H,6-7H2,1-3H3. The molecule has 1 aromatic rings. The fourth-order valence-corrected chi connectivity index (χ4v) is 2.61. The lowest BCUT2D eigenvalue weighted by Crippen LogP contribution is -2.42. The summed E-state index contributed by atoms with van der Waals surface area (Å²) in [7, 11) is 1.75. The van der Waals surface area contributed by atoms with Gasteiger partial charge < -0.3 is 19.7 Å². The van der Waals surface area contributed by atoms with Crippen molar-refractivity contribution in [1.82, 2.24) is 4.90 Å². The van der Waals surface area contributed by atoms with Crippen LogP contribution in [0.2, 0.25) is 0 Å². The summed E-state index contributed by atoms with van der Waals surface area (Å²) in [4.78, 5) is 37.6. The van der Waals surface area contributed by atoms with Crippen LogP contribution in [0.5, 0.6) is 0 Å². The Morgan fingerprint density at radius 1 is 1.17 bits per heavy atom. The predicted molar refractivity (Wildman–Crippen MR) is 85.1 cm³/mol. The van der Waals surface area contributed by atoms with Crippen LogP contribution in [-0.2, 0) is 25.5 Å². The molecule has 0 unspecified atom stereocenters. The van der Waals surface area contributed by atoms with Gasteiger partial charge in [0.1, 0.15) is 0 Å². The van der Waals surface area contributed by atoms with E-state index in [1.807, 2.05) is 6.07 Å². The smallest absolute Gasteiger partial charge is 0.350 e. The van der Waals surface area contributed by atoms with Gasteiger partial charge in [-0.1, -0.05) is 6.07 Å². The van der Waals surface area contributed by atoms with E-state index >= 15 is 0 Å². The molecular weight excluding hydrogens is 312 g/mol. The maximum atomic E-state index is 12.2. The van der Waals surface area contributed by atoms with E-state index in [9.17, 15) is 14.4 Å². The molecule has 1 fully saturated rings. The van der Waals surface area contributed by atoms with Gasteiger partial charge in [0.2, 0.25) is 0 Å². The van der Waals surface area contributed by atoms with Gasteiger partial charge in [-0.3, -0.25) is 4.79 Å². The van der Waals surface area contributed by atoms with Gasteiger partial charge in [-0.15, -0.1) is 0 Å². The minimum absolute atomic E-state index is 0.0502. The third kappa shape index (κ3) is 2.97. The average Bonchev–Trinajstić information content (AvgIpc) is 2.49. The highest BCUT2D eigenvalue weighted by Crippen LogP contribution is 2.24. The van der Waals surface area contributed by atoms with E-state index in [1.165, 1.54) is 20.0 Å². The van der Waals surface area contributed by atoms with Crippen LogP contribution < -0.4 is 5.32 Å². The Morgan fingerprint density at radius 3 is 2.50 bits per heavy atom. The largest absolute Gasteiger partial charge is 0.419 e. The molecule has 1 aromatic carbocycles. The van der Waals surface area contributed by atoms with Gasteiger partial charge in [-0.25, -0.2) is 9.59 Å². The molecule has 7 heteroatoms. The quantitative estimate of drug-likeness (QED) is 0.502. The Hall–Kier alpha value is -2.83. The average molecular weight is 330 g/mol. The highest BCUT2D eigenvalue weighted by atomic mass is 16.7. The van der Waals surface area contributed by atoms with Crippen molar-refractivity contribution in [3.05, 3.63) is 41.1 Å². The number of anilines is 1. The number of ether oxygens (including phenoxy) is 2. The Labute approximate surface area is 139 Å². The number of hydrogen-bond donors (Lipinski definition) is 1. The summed E-state index contributed by atoms with van der Waals surface area (Å²) in [6.45, 7) is 3.66. The number of likely N-dealkylation sites (N-methyl/N-ethyl adjacent to an activating group) is 1. The van der Waals surface area contributed by atoms with Gasteiger partial charge in [0.25, 0.3) is 11.7 Å². The van der Waals surface area contributed by atoms with E-state index in [0.717, 1.165) is 12.0 Å². The summed E-state index contributed by atoms with van der Waals surface area (Å²) in [5, 5.41) is 2.85. The Bertz CT molecular complexity index is 744. The lowest BCUT2D eigenvalue weighted by Gasteiger charge is -2.29. The molecule has 0 spiro atoms. The molecule has 7 nitrogen and oxygen atoms in total. The number of nitrogens with zero attached hydrogens (tertiary/aromatic N) is 1. The summed E-state index contributed by atoms with van der Waals surface area (Å²) in [5.74, 6) is -2.82. The molecule has 2 heterocycles. The second-order valence-corrected chi connectivity index (χ2v) is 6.23. The first-order chi connectivity index (χ1) is 11.3. The zero-order valence-corrected chi connectivity index (χ0v) is 13.7. The third-order valence-corrected chi connectivity index (χ3v) is 3.90. The van der Waals surface area contributed by atoms with Crippen LogP contribution in [-0.4, -0.2) is 42.1 Å². The van der Waals surface area contributed by atoms with Gasteiger partial charge in [-0.05, 0) is 24.1 Å². The van der Waals surface area contributed by atoms with E-state index in [4.69, 9.17) is 9.47 Å². The molecule has 1 saturated heterocycles. The van der Waals surface area contributed by atoms with Crippen LogP contribution in [0.4, 0.5) is 5.69 Å². The summed E-state index contributed by atoms with van der Waals surface area (Å²) in [6, 6.07) is 5.35. The predicted octanol–water partition coefficient (Wildman–Crippen LogP) is 1.45. The zero-order chi connectivity index (χ0) is 17.5. The van der Waals surface area contributed by atoms with Crippen molar-refractivity contribution < 1.29 is 23.9 Å². The van der Waals surface area contributed by atoms with E-state index < -0.39 is 17.7 Å². The zero-order valence-electron chi connectivity index (χ0n) is 13.7. The van der Waals surface area contributed by atoms with Gasteiger partial charge in [0.05, 0.1) is 0 Å². The second-order valence-electron chi connectivity index (χ2n) is 6.23. The fourth-order valence-electron chi connectivity index (χ4n) is 2.61. The molecular formula is C17H18N2O5. The van der Waals surface area contributed by atoms with Gasteiger partial charge >= 0.3 is 11.9 Å². The lowest BCUT2D eigenvalue weighted by atomic mass is 9.99. The van der Waals surface area contributed by atoms with E-state index in [2.05, 4.69) is 5.32 Å². The highest BCUT2D eigenvalue weighted by Gasteiger charge is 2.38. The molecule has 0 saturated carbocycles. The molecule has 0 radical (unpaired) electrons. The topological polar surface area (TPSA) is 84.9 Å². The van der Waals surface area contributed by atoms with E-state index in [-0.39, 0.29) is 11.5 Å². The van der Waals surface area contributed by atoms with Crippen LogP contribution in [0.15, 0.2) is 30.0 Å². The molecule has 2 aliphatic rings. The SMILES string of the molecule is CN1CCc2ccc(NC=C3C(=O)OC(C)(C)OC3=O)cc2C1=O. The Morgan fingerprint density at radius 2 is 1.83 bits per heavy atom. The van der Waals surface area contributed by atoms with Crippen LogP contribution in [0, 0.1) is 0 Å². The number of rotatable bonds is 2. The summed E-state index contributed by atoms with van der Waals surface area (Å²) >= 11 is 0. The number of amides is 1. The summed E-state index contributed by atoms with van der Waals surface area (Å²) < 4.78 is 10.0. The van der Waals surface area contributed by atoms with Crippen molar-refractivity contribution in [3.8, 4) is 0 Å². The third-order valence-electron chi connectivity index (χ3n) is 3.90. The number of carbonyl (C=O) groups is 3. The number of cyclic esters (lactones) is 2. The highest BCUT2D eigenvalue weighted by molar-refractivity contribution is 6.15. The van der Waals surface area contributed by atoms with Crippen LogP contribution >= 0.6 is 0 Å². The van der Waals surface area contributed by atoms with Gasteiger partial charge in [0.15, 0.2) is 5.57 Å². The molecule has 3 rings (SSSR count). The van der Waals surface area contributed by atoms with Crippen molar-refractivity contribution in [3.63, 3.8) is 0 Å². The molecule has 126 valence electrons. The first-order valence-corrected chi connectivity index (χ1v) is 7.58. The van der Waals surface area contributed by atoms with Crippen molar-refractivity contribution in [2.45, 2.75) is 26.1 Å². The molecule has 0 atom stereocenters. The Balaban J connectivity index is 1.81. The van der Waals surface area contributed by atoms with Crippen molar-refractivity contribution in [1.29, 1.82) is 0 Å². The molecule has 24 heavy (non-hydrogen) atoms. The van der Waals surface area contributed by atoms with E-state index in [1.54, 1.807) is 24.1 Å².